The predicted molar refractivity (Wildman–Crippen MR) is 78.4 cm³/mol. The van der Waals surface area contributed by atoms with Crippen molar-refractivity contribution in [3.63, 3.8) is 0 Å². The molecule has 0 saturated heterocycles. The minimum absolute atomic E-state index is 0.239. The first-order valence-electron chi connectivity index (χ1n) is 6.85. The Morgan fingerprint density at radius 2 is 2.05 bits per heavy atom. The number of hydrogen-bond acceptors (Lipinski definition) is 2. The fraction of sp³-hybridized carbons (Fsp3) is 0.600. The van der Waals surface area contributed by atoms with E-state index in [2.05, 4.69) is 28.2 Å². The SMILES string of the molecule is CC1CCC(O)(CNCc2cc(F)cc(Br)c2)CC1. The number of benzene rings is 1. The number of aliphatic hydroxyl groups is 1. The van der Waals surface area contributed by atoms with E-state index >= 15 is 0 Å². The van der Waals surface area contributed by atoms with E-state index in [0.29, 0.717) is 13.1 Å². The van der Waals surface area contributed by atoms with Gasteiger partial charge in [0.05, 0.1) is 5.60 Å². The van der Waals surface area contributed by atoms with Gasteiger partial charge in [-0.25, -0.2) is 4.39 Å². The number of nitrogens with one attached hydrogen (secondary N) is 1. The van der Waals surface area contributed by atoms with Crippen LogP contribution in [-0.4, -0.2) is 17.3 Å². The molecule has 2 nitrogen and oxygen atoms in total. The second-order valence-corrected chi connectivity index (χ2v) is 6.70. The molecule has 0 unspecified atom stereocenters. The quantitative estimate of drug-likeness (QED) is 0.884. The van der Waals surface area contributed by atoms with E-state index in [0.717, 1.165) is 41.6 Å². The molecule has 1 aromatic carbocycles. The molecular weight excluding hydrogens is 309 g/mol. The molecule has 0 amide bonds. The predicted octanol–water partition coefficient (Wildman–Crippen LogP) is 3.62. The zero-order chi connectivity index (χ0) is 13.9. The zero-order valence-electron chi connectivity index (χ0n) is 11.3. The summed E-state index contributed by atoms with van der Waals surface area (Å²) in [6, 6.07) is 4.85. The normalized spacial score (nSPS) is 27.5. The van der Waals surface area contributed by atoms with E-state index < -0.39 is 5.60 Å². The molecule has 0 atom stereocenters. The fourth-order valence-corrected chi connectivity index (χ4v) is 3.14. The van der Waals surface area contributed by atoms with Crippen LogP contribution in [-0.2, 0) is 6.54 Å². The maximum Gasteiger partial charge on any atom is 0.124 e. The molecule has 4 heteroatoms. The van der Waals surface area contributed by atoms with Crippen molar-refractivity contribution in [2.45, 2.75) is 44.8 Å². The van der Waals surface area contributed by atoms with Crippen molar-refractivity contribution in [2.24, 2.45) is 5.92 Å². The van der Waals surface area contributed by atoms with Crippen LogP contribution in [0.5, 0.6) is 0 Å². The van der Waals surface area contributed by atoms with Crippen LogP contribution in [0.4, 0.5) is 4.39 Å². The first-order valence-corrected chi connectivity index (χ1v) is 7.64. The summed E-state index contributed by atoms with van der Waals surface area (Å²) >= 11 is 3.28. The van der Waals surface area contributed by atoms with E-state index in [1.165, 1.54) is 12.1 Å². The smallest absolute Gasteiger partial charge is 0.124 e. The molecule has 0 bridgehead atoms. The van der Waals surface area contributed by atoms with Crippen molar-refractivity contribution in [3.8, 4) is 0 Å². The van der Waals surface area contributed by atoms with Gasteiger partial charge in [0.25, 0.3) is 0 Å². The highest BCUT2D eigenvalue weighted by atomic mass is 79.9. The summed E-state index contributed by atoms with van der Waals surface area (Å²) in [7, 11) is 0. The van der Waals surface area contributed by atoms with Crippen LogP contribution in [0.3, 0.4) is 0 Å². The number of rotatable bonds is 4. The largest absolute Gasteiger partial charge is 0.389 e. The molecule has 1 aliphatic carbocycles. The van der Waals surface area contributed by atoms with Gasteiger partial charge >= 0.3 is 0 Å². The van der Waals surface area contributed by atoms with Gasteiger partial charge in [0.1, 0.15) is 5.82 Å². The van der Waals surface area contributed by atoms with Crippen LogP contribution in [0, 0.1) is 11.7 Å². The van der Waals surface area contributed by atoms with Gasteiger partial charge in [-0.1, -0.05) is 22.9 Å². The topological polar surface area (TPSA) is 32.3 Å². The molecule has 1 saturated carbocycles. The van der Waals surface area contributed by atoms with Crippen molar-refractivity contribution in [1.82, 2.24) is 5.32 Å². The lowest BCUT2D eigenvalue weighted by atomic mass is 9.79. The van der Waals surface area contributed by atoms with Gasteiger partial charge in [-0.2, -0.15) is 0 Å². The van der Waals surface area contributed by atoms with Gasteiger partial charge in [-0.15, -0.1) is 0 Å². The maximum absolute atomic E-state index is 13.2. The van der Waals surface area contributed by atoms with Crippen LogP contribution in [0.1, 0.15) is 38.2 Å². The molecule has 0 spiro atoms. The molecule has 1 aliphatic rings. The second-order valence-electron chi connectivity index (χ2n) is 5.79. The summed E-state index contributed by atoms with van der Waals surface area (Å²) < 4.78 is 14.0. The molecule has 0 aromatic heterocycles. The molecule has 1 aromatic rings. The van der Waals surface area contributed by atoms with Crippen molar-refractivity contribution in [3.05, 3.63) is 34.1 Å². The Morgan fingerprint density at radius 3 is 2.68 bits per heavy atom. The summed E-state index contributed by atoms with van der Waals surface area (Å²) in [5, 5.41) is 13.7. The third-order valence-electron chi connectivity index (χ3n) is 3.91. The van der Waals surface area contributed by atoms with Gasteiger partial charge in [0.2, 0.25) is 0 Å². The summed E-state index contributed by atoms with van der Waals surface area (Å²) in [5.74, 6) is 0.482. The lowest BCUT2D eigenvalue weighted by molar-refractivity contribution is -0.00630. The van der Waals surface area contributed by atoms with Crippen molar-refractivity contribution in [1.29, 1.82) is 0 Å². The minimum atomic E-state index is -0.586. The number of halogens is 2. The van der Waals surface area contributed by atoms with E-state index in [4.69, 9.17) is 0 Å². The molecule has 106 valence electrons. The van der Waals surface area contributed by atoms with Crippen LogP contribution < -0.4 is 5.32 Å². The summed E-state index contributed by atoms with van der Waals surface area (Å²) in [6.07, 6.45) is 3.88. The highest BCUT2D eigenvalue weighted by molar-refractivity contribution is 9.10. The highest BCUT2D eigenvalue weighted by Crippen LogP contribution is 2.31. The van der Waals surface area contributed by atoms with Gasteiger partial charge in [0.15, 0.2) is 0 Å². The zero-order valence-corrected chi connectivity index (χ0v) is 12.8. The summed E-state index contributed by atoms with van der Waals surface area (Å²) in [4.78, 5) is 0. The van der Waals surface area contributed by atoms with Gasteiger partial charge in [0, 0.05) is 17.6 Å². The summed E-state index contributed by atoms with van der Waals surface area (Å²) in [6.45, 7) is 3.39. The Bertz CT molecular complexity index is 410. The molecule has 1 fully saturated rings. The number of hydrogen-bond donors (Lipinski definition) is 2. The van der Waals surface area contributed by atoms with Crippen LogP contribution in [0.25, 0.3) is 0 Å². The summed E-state index contributed by atoms with van der Waals surface area (Å²) in [5.41, 5.74) is 0.302. The Balaban J connectivity index is 1.83. The van der Waals surface area contributed by atoms with Gasteiger partial charge in [-0.05, 0) is 55.4 Å². The Morgan fingerprint density at radius 1 is 1.37 bits per heavy atom. The minimum Gasteiger partial charge on any atom is -0.389 e. The Labute approximate surface area is 122 Å². The second kappa shape index (κ2) is 6.33. The lowest BCUT2D eigenvalue weighted by Crippen LogP contribution is -2.43. The van der Waals surface area contributed by atoms with Crippen molar-refractivity contribution >= 4 is 15.9 Å². The highest BCUT2D eigenvalue weighted by Gasteiger charge is 2.31. The Hall–Kier alpha value is -0.450. The first-order chi connectivity index (χ1) is 8.97. The van der Waals surface area contributed by atoms with E-state index in [9.17, 15) is 9.50 Å². The first kappa shape index (κ1) is 14.9. The molecule has 0 radical (unpaired) electrons. The van der Waals surface area contributed by atoms with E-state index in [1.54, 1.807) is 0 Å². The molecule has 19 heavy (non-hydrogen) atoms. The maximum atomic E-state index is 13.2. The molecular formula is C15H21BrFNO. The van der Waals surface area contributed by atoms with Gasteiger partial charge < -0.3 is 10.4 Å². The monoisotopic (exact) mass is 329 g/mol. The molecule has 0 aliphatic heterocycles. The average Bonchev–Trinajstić information content (AvgIpc) is 2.32. The average molecular weight is 330 g/mol. The fourth-order valence-electron chi connectivity index (χ4n) is 2.63. The van der Waals surface area contributed by atoms with Crippen molar-refractivity contribution < 1.29 is 9.50 Å². The third-order valence-corrected chi connectivity index (χ3v) is 4.37. The van der Waals surface area contributed by atoms with Crippen LogP contribution in [0.15, 0.2) is 22.7 Å². The molecule has 2 rings (SSSR count). The van der Waals surface area contributed by atoms with Crippen LogP contribution >= 0.6 is 15.9 Å². The van der Waals surface area contributed by atoms with Gasteiger partial charge in [-0.3, -0.25) is 0 Å². The van der Waals surface area contributed by atoms with Crippen LogP contribution in [0.2, 0.25) is 0 Å². The van der Waals surface area contributed by atoms with Crippen molar-refractivity contribution in [2.75, 3.05) is 6.54 Å². The Kier molecular flexibility index (Phi) is 4.98. The van der Waals surface area contributed by atoms with E-state index in [-0.39, 0.29) is 5.82 Å². The lowest BCUT2D eigenvalue weighted by Gasteiger charge is -2.35. The van der Waals surface area contributed by atoms with E-state index in [1.807, 2.05) is 6.07 Å². The standard InChI is InChI=1S/C15H21BrFNO/c1-11-2-4-15(19,5-3-11)10-18-9-12-6-13(16)8-14(17)7-12/h6-8,11,18-19H,2-5,9-10H2,1H3. The third kappa shape index (κ3) is 4.55. The molecule has 0 heterocycles. The molecule has 2 N–H and O–H groups in total.